The van der Waals surface area contributed by atoms with E-state index in [0.717, 1.165) is 23.4 Å². The van der Waals surface area contributed by atoms with Gasteiger partial charge < -0.3 is 4.90 Å². The Morgan fingerprint density at radius 2 is 2.00 bits per heavy atom. The van der Waals surface area contributed by atoms with Crippen molar-refractivity contribution in [2.75, 3.05) is 18.0 Å². The van der Waals surface area contributed by atoms with Gasteiger partial charge in [0.15, 0.2) is 0 Å². The first kappa shape index (κ1) is 13.0. The topological polar surface area (TPSA) is 16.1 Å². The average Bonchev–Trinajstić information content (AvgIpc) is 2.26. The Balaban J connectivity index is 2.33. The number of pyridine rings is 1. The molecule has 0 amide bonds. The van der Waals surface area contributed by atoms with Crippen molar-refractivity contribution in [2.24, 2.45) is 0 Å². The van der Waals surface area contributed by atoms with Crippen LogP contribution in [0, 0.1) is 0 Å². The maximum absolute atomic E-state index is 13.2. The van der Waals surface area contributed by atoms with Gasteiger partial charge in [0.25, 0.3) is 5.92 Å². The zero-order valence-electron chi connectivity index (χ0n) is 9.34. The molecule has 0 aromatic carbocycles. The normalized spacial score (nSPS) is 19.9. The van der Waals surface area contributed by atoms with E-state index in [2.05, 4.69) is 4.98 Å². The second-order valence-corrected chi connectivity index (χ2v) is 4.27. The van der Waals surface area contributed by atoms with E-state index in [1.807, 2.05) is 0 Å². The number of anilines is 1. The molecular formula is C11H11F5N2. The lowest BCUT2D eigenvalue weighted by Crippen LogP contribution is -2.43. The molecule has 7 heteroatoms. The Bertz CT molecular complexity index is 430. The average molecular weight is 266 g/mol. The molecule has 0 N–H and O–H groups in total. The zero-order valence-corrected chi connectivity index (χ0v) is 9.34. The van der Waals surface area contributed by atoms with E-state index < -0.39 is 24.2 Å². The van der Waals surface area contributed by atoms with Gasteiger partial charge in [-0.2, -0.15) is 13.2 Å². The molecule has 1 aliphatic heterocycles. The lowest BCUT2D eigenvalue weighted by atomic mass is 10.1. The minimum absolute atomic E-state index is 0.166. The molecule has 1 aromatic heterocycles. The smallest absolute Gasteiger partial charge is 0.364 e. The van der Waals surface area contributed by atoms with Gasteiger partial charge in [-0.05, 0) is 12.5 Å². The van der Waals surface area contributed by atoms with Gasteiger partial charge in [0.1, 0.15) is 0 Å². The zero-order chi connectivity index (χ0) is 13.4. The van der Waals surface area contributed by atoms with Gasteiger partial charge in [-0.15, -0.1) is 0 Å². The second-order valence-electron chi connectivity index (χ2n) is 4.27. The van der Waals surface area contributed by atoms with Crippen LogP contribution in [0.5, 0.6) is 0 Å². The fourth-order valence-electron chi connectivity index (χ4n) is 2.05. The summed E-state index contributed by atoms with van der Waals surface area (Å²) in [5, 5.41) is 0. The third-order valence-corrected chi connectivity index (χ3v) is 2.84. The number of aromatic nitrogens is 1. The molecule has 0 atom stereocenters. The van der Waals surface area contributed by atoms with Crippen LogP contribution in [-0.4, -0.2) is 24.0 Å². The van der Waals surface area contributed by atoms with Crippen LogP contribution in [0.25, 0.3) is 0 Å². The molecule has 0 spiro atoms. The molecule has 0 bridgehead atoms. The van der Waals surface area contributed by atoms with Gasteiger partial charge in [0, 0.05) is 19.2 Å². The molecule has 0 radical (unpaired) electrons. The first-order chi connectivity index (χ1) is 8.30. The van der Waals surface area contributed by atoms with Crippen molar-refractivity contribution in [3.8, 4) is 0 Å². The molecule has 2 nitrogen and oxygen atoms in total. The van der Waals surface area contributed by atoms with Gasteiger partial charge >= 0.3 is 6.18 Å². The van der Waals surface area contributed by atoms with Crippen LogP contribution in [0.15, 0.2) is 18.5 Å². The largest absolute Gasteiger partial charge is 0.418 e. The van der Waals surface area contributed by atoms with Crippen LogP contribution >= 0.6 is 0 Å². The molecule has 100 valence electrons. The minimum Gasteiger partial charge on any atom is -0.364 e. The van der Waals surface area contributed by atoms with Crippen LogP contribution in [0.4, 0.5) is 27.6 Å². The molecule has 18 heavy (non-hydrogen) atoms. The Morgan fingerprint density at radius 1 is 1.28 bits per heavy atom. The summed E-state index contributed by atoms with van der Waals surface area (Å²) >= 11 is 0. The molecule has 0 aliphatic carbocycles. The van der Waals surface area contributed by atoms with Crippen molar-refractivity contribution < 1.29 is 22.0 Å². The van der Waals surface area contributed by atoms with Gasteiger partial charge in [0.2, 0.25) is 0 Å². The third-order valence-electron chi connectivity index (χ3n) is 2.84. The number of piperidine rings is 1. The summed E-state index contributed by atoms with van der Waals surface area (Å²) in [5.41, 5.74) is -1.19. The van der Waals surface area contributed by atoms with Crippen molar-refractivity contribution in [1.82, 2.24) is 4.98 Å². The lowest BCUT2D eigenvalue weighted by Gasteiger charge is -2.35. The summed E-state index contributed by atoms with van der Waals surface area (Å²) in [7, 11) is 0. The molecule has 0 saturated carbocycles. The van der Waals surface area contributed by atoms with Crippen LogP contribution in [-0.2, 0) is 6.18 Å². The summed E-state index contributed by atoms with van der Waals surface area (Å²) in [6.45, 7) is -0.508. The molecular weight excluding hydrogens is 255 g/mol. The third kappa shape index (κ3) is 2.70. The Morgan fingerprint density at radius 3 is 2.61 bits per heavy atom. The number of alkyl halides is 5. The summed E-state index contributed by atoms with van der Waals surface area (Å²) in [5.74, 6) is -2.95. The highest BCUT2D eigenvalue weighted by Gasteiger charge is 2.39. The lowest BCUT2D eigenvalue weighted by molar-refractivity contribution is -0.137. The monoisotopic (exact) mass is 266 g/mol. The molecule has 1 aromatic rings. The van der Waals surface area contributed by atoms with E-state index in [9.17, 15) is 22.0 Å². The molecule has 1 saturated heterocycles. The fourth-order valence-corrected chi connectivity index (χ4v) is 2.05. The Hall–Kier alpha value is -1.40. The maximum Gasteiger partial charge on any atom is 0.418 e. The van der Waals surface area contributed by atoms with Gasteiger partial charge in [-0.1, -0.05) is 0 Å². The number of rotatable bonds is 1. The second kappa shape index (κ2) is 4.37. The highest BCUT2D eigenvalue weighted by Crippen LogP contribution is 2.38. The summed E-state index contributed by atoms with van der Waals surface area (Å²) in [4.78, 5) is 4.65. The summed E-state index contributed by atoms with van der Waals surface area (Å²) in [6, 6.07) is 0.808. The van der Waals surface area contributed by atoms with Gasteiger partial charge in [0.05, 0.1) is 24.0 Å². The van der Waals surface area contributed by atoms with E-state index >= 15 is 0 Å². The van der Waals surface area contributed by atoms with E-state index in [1.54, 1.807) is 0 Å². The molecule has 2 rings (SSSR count). The van der Waals surface area contributed by atoms with Gasteiger partial charge in [-0.3, -0.25) is 4.98 Å². The van der Waals surface area contributed by atoms with Crippen molar-refractivity contribution >= 4 is 5.69 Å². The van der Waals surface area contributed by atoms with E-state index in [0.29, 0.717) is 0 Å². The standard InChI is InChI=1S/C11H11F5N2/c12-10(13)3-1-5-18(7-10)9-6-17-4-2-8(9)11(14,15)16/h2,4,6H,1,3,5,7H2. The van der Waals surface area contributed by atoms with E-state index in [4.69, 9.17) is 0 Å². The number of halogens is 5. The Labute approximate surface area is 100 Å². The highest BCUT2D eigenvalue weighted by molar-refractivity contribution is 5.53. The van der Waals surface area contributed by atoms with Crippen LogP contribution in [0.1, 0.15) is 18.4 Å². The van der Waals surface area contributed by atoms with Crippen molar-refractivity contribution in [1.29, 1.82) is 0 Å². The first-order valence-electron chi connectivity index (χ1n) is 5.44. The predicted octanol–water partition coefficient (Wildman–Crippen LogP) is 3.34. The minimum atomic E-state index is -4.56. The SMILES string of the molecule is FC1(F)CCCN(c2cnccc2C(F)(F)F)C1. The highest BCUT2D eigenvalue weighted by atomic mass is 19.4. The fraction of sp³-hybridized carbons (Fsp3) is 0.545. The van der Waals surface area contributed by atoms with Crippen molar-refractivity contribution in [3.63, 3.8) is 0 Å². The number of nitrogens with zero attached hydrogens (tertiary/aromatic N) is 2. The molecule has 0 unspecified atom stereocenters. The summed E-state index contributed by atoms with van der Waals surface area (Å²) in [6.07, 6.45) is -2.69. The number of hydrogen-bond acceptors (Lipinski definition) is 2. The summed E-state index contributed by atoms with van der Waals surface area (Å²) < 4.78 is 64.7. The van der Waals surface area contributed by atoms with E-state index in [-0.39, 0.29) is 25.1 Å². The Kier molecular flexibility index (Phi) is 3.16. The number of hydrogen-bond donors (Lipinski definition) is 0. The van der Waals surface area contributed by atoms with Crippen LogP contribution < -0.4 is 4.90 Å². The predicted molar refractivity (Wildman–Crippen MR) is 55.6 cm³/mol. The first-order valence-corrected chi connectivity index (χ1v) is 5.44. The van der Waals surface area contributed by atoms with Crippen LogP contribution in [0.3, 0.4) is 0 Å². The van der Waals surface area contributed by atoms with Crippen molar-refractivity contribution in [2.45, 2.75) is 24.9 Å². The quantitative estimate of drug-likeness (QED) is 0.725. The molecule has 2 heterocycles. The van der Waals surface area contributed by atoms with Crippen molar-refractivity contribution in [3.05, 3.63) is 24.0 Å². The van der Waals surface area contributed by atoms with E-state index in [1.165, 1.54) is 0 Å². The van der Waals surface area contributed by atoms with Gasteiger partial charge in [-0.25, -0.2) is 8.78 Å². The molecule has 1 fully saturated rings. The van der Waals surface area contributed by atoms with Crippen LogP contribution in [0.2, 0.25) is 0 Å². The maximum atomic E-state index is 13.2. The molecule has 1 aliphatic rings.